The number of hydrogen-bond acceptors (Lipinski definition) is 0. The molecule has 19 heavy (non-hydrogen) atoms. The molecule has 100 valence electrons. The zero-order chi connectivity index (χ0) is 13.8. The Morgan fingerprint density at radius 1 is 1.05 bits per heavy atom. The van der Waals surface area contributed by atoms with Gasteiger partial charge >= 0.3 is 0 Å². The van der Waals surface area contributed by atoms with Crippen molar-refractivity contribution in [3.63, 3.8) is 0 Å². The van der Waals surface area contributed by atoms with Gasteiger partial charge in [-0.1, -0.05) is 69.3 Å². The average Bonchev–Trinajstić information content (AvgIpc) is 2.58. The first kappa shape index (κ1) is 13.9. The Balaban J connectivity index is 0.000000637. The molecule has 2 unspecified atom stereocenters. The number of hydrogen-bond donors (Lipinski definition) is 0. The SMILES string of the molecule is CC.CC1=C2C=CC=CC2CC(C)c2ccccc21. The number of fused-ring (bicyclic) bond motifs is 2. The van der Waals surface area contributed by atoms with E-state index in [2.05, 4.69) is 62.4 Å². The molecule has 3 rings (SSSR count). The molecule has 1 aromatic rings. The van der Waals surface area contributed by atoms with Crippen LogP contribution in [0.25, 0.3) is 5.57 Å². The summed E-state index contributed by atoms with van der Waals surface area (Å²) in [5.41, 5.74) is 5.91. The van der Waals surface area contributed by atoms with Crippen LogP contribution in [0, 0.1) is 5.92 Å². The first-order chi connectivity index (χ1) is 9.27. The van der Waals surface area contributed by atoms with Gasteiger partial charge in [0.2, 0.25) is 0 Å². The first-order valence-electron chi connectivity index (χ1n) is 7.42. The van der Waals surface area contributed by atoms with Crippen molar-refractivity contribution in [2.24, 2.45) is 5.92 Å². The van der Waals surface area contributed by atoms with Gasteiger partial charge in [-0.05, 0) is 41.5 Å². The highest BCUT2D eigenvalue weighted by Gasteiger charge is 2.24. The number of rotatable bonds is 0. The van der Waals surface area contributed by atoms with E-state index in [4.69, 9.17) is 0 Å². The third-order valence-corrected chi connectivity index (χ3v) is 4.07. The number of allylic oxidation sites excluding steroid dienone is 6. The summed E-state index contributed by atoms with van der Waals surface area (Å²) in [7, 11) is 0. The van der Waals surface area contributed by atoms with Crippen LogP contribution in [0.3, 0.4) is 0 Å². The van der Waals surface area contributed by atoms with Crippen molar-refractivity contribution in [2.45, 2.75) is 40.0 Å². The van der Waals surface area contributed by atoms with Crippen molar-refractivity contribution < 1.29 is 0 Å². The third kappa shape index (κ3) is 2.58. The quantitative estimate of drug-likeness (QED) is 0.552. The molecule has 0 aliphatic heterocycles. The van der Waals surface area contributed by atoms with Gasteiger partial charge in [-0.15, -0.1) is 0 Å². The molecule has 0 spiro atoms. The molecule has 0 nitrogen and oxygen atoms in total. The van der Waals surface area contributed by atoms with Crippen molar-refractivity contribution >= 4 is 5.57 Å². The standard InChI is InChI=1S/C17H18.C2H6/c1-12-11-14-7-3-4-9-16(14)13(2)17-10-6-5-8-15(12)17;1-2/h3-10,12,14H,11H2,1-2H3;1-2H3. The molecule has 2 atom stereocenters. The van der Waals surface area contributed by atoms with Crippen LogP contribution in [0.4, 0.5) is 0 Å². The normalized spacial score (nSPS) is 24.0. The minimum Gasteiger partial charge on any atom is -0.0770 e. The highest BCUT2D eigenvalue weighted by molar-refractivity contribution is 5.74. The lowest BCUT2D eigenvalue weighted by Crippen LogP contribution is -2.04. The fourth-order valence-corrected chi connectivity index (χ4v) is 3.12. The summed E-state index contributed by atoms with van der Waals surface area (Å²) in [5.74, 6) is 1.24. The van der Waals surface area contributed by atoms with E-state index in [0.29, 0.717) is 11.8 Å². The molecule has 0 saturated carbocycles. The highest BCUT2D eigenvalue weighted by Crippen LogP contribution is 2.41. The van der Waals surface area contributed by atoms with E-state index in [1.165, 1.54) is 28.7 Å². The molecule has 1 aromatic carbocycles. The lowest BCUT2D eigenvalue weighted by atomic mass is 9.86. The van der Waals surface area contributed by atoms with Crippen LogP contribution in [0.2, 0.25) is 0 Å². The first-order valence-corrected chi connectivity index (χ1v) is 7.42. The Kier molecular flexibility index (Phi) is 4.42. The minimum atomic E-state index is 0.599. The fourth-order valence-electron chi connectivity index (χ4n) is 3.12. The average molecular weight is 252 g/mol. The van der Waals surface area contributed by atoms with Crippen LogP contribution < -0.4 is 0 Å². The van der Waals surface area contributed by atoms with Crippen LogP contribution in [0.5, 0.6) is 0 Å². The maximum absolute atomic E-state index is 2.35. The second-order valence-corrected chi connectivity index (χ2v) is 5.15. The lowest BCUT2D eigenvalue weighted by Gasteiger charge is -2.18. The highest BCUT2D eigenvalue weighted by atomic mass is 14.3. The zero-order valence-electron chi connectivity index (χ0n) is 12.5. The molecule has 0 bridgehead atoms. The molecular weight excluding hydrogens is 228 g/mol. The van der Waals surface area contributed by atoms with Gasteiger partial charge in [-0.2, -0.15) is 0 Å². The monoisotopic (exact) mass is 252 g/mol. The molecule has 2 aliphatic carbocycles. The van der Waals surface area contributed by atoms with Crippen molar-refractivity contribution in [1.29, 1.82) is 0 Å². The second kappa shape index (κ2) is 6.06. The molecule has 0 saturated heterocycles. The molecule has 0 amide bonds. The molecule has 0 N–H and O–H groups in total. The van der Waals surface area contributed by atoms with Gasteiger partial charge in [0, 0.05) is 5.92 Å². The van der Waals surface area contributed by atoms with E-state index >= 15 is 0 Å². The number of benzene rings is 1. The third-order valence-electron chi connectivity index (χ3n) is 4.07. The van der Waals surface area contributed by atoms with E-state index in [-0.39, 0.29) is 0 Å². The van der Waals surface area contributed by atoms with Crippen LogP contribution in [-0.4, -0.2) is 0 Å². The van der Waals surface area contributed by atoms with E-state index in [9.17, 15) is 0 Å². The van der Waals surface area contributed by atoms with E-state index < -0.39 is 0 Å². The Morgan fingerprint density at radius 3 is 2.58 bits per heavy atom. The van der Waals surface area contributed by atoms with Gasteiger partial charge in [0.1, 0.15) is 0 Å². The van der Waals surface area contributed by atoms with Gasteiger partial charge in [0.15, 0.2) is 0 Å². The van der Waals surface area contributed by atoms with E-state index in [1.54, 1.807) is 0 Å². The molecular formula is C19H24. The minimum absolute atomic E-state index is 0.599. The molecule has 2 aliphatic rings. The predicted octanol–water partition coefficient (Wildman–Crippen LogP) is 5.74. The molecule has 0 radical (unpaired) electrons. The van der Waals surface area contributed by atoms with Gasteiger partial charge < -0.3 is 0 Å². The van der Waals surface area contributed by atoms with Gasteiger partial charge in [-0.25, -0.2) is 0 Å². The summed E-state index contributed by atoms with van der Waals surface area (Å²) in [4.78, 5) is 0. The van der Waals surface area contributed by atoms with Gasteiger partial charge in [-0.3, -0.25) is 0 Å². The summed E-state index contributed by atoms with van der Waals surface area (Å²) < 4.78 is 0. The van der Waals surface area contributed by atoms with Crippen LogP contribution in [0.15, 0.2) is 54.1 Å². The summed E-state index contributed by atoms with van der Waals surface area (Å²) in [6.07, 6.45) is 10.2. The van der Waals surface area contributed by atoms with Crippen molar-refractivity contribution in [3.8, 4) is 0 Å². The smallest absolute Gasteiger partial charge is 0.00296 e. The Labute approximate surface area is 117 Å². The largest absolute Gasteiger partial charge is 0.0770 e. The second-order valence-electron chi connectivity index (χ2n) is 5.15. The summed E-state index contributed by atoms with van der Waals surface area (Å²) in [5, 5.41) is 0. The summed E-state index contributed by atoms with van der Waals surface area (Å²) in [6, 6.07) is 8.86. The van der Waals surface area contributed by atoms with E-state index in [1.807, 2.05) is 13.8 Å². The lowest BCUT2D eigenvalue weighted by molar-refractivity contribution is 0.599. The molecule has 0 heteroatoms. The van der Waals surface area contributed by atoms with Crippen molar-refractivity contribution in [2.75, 3.05) is 0 Å². The van der Waals surface area contributed by atoms with Crippen molar-refractivity contribution in [3.05, 3.63) is 65.3 Å². The van der Waals surface area contributed by atoms with Crippen LogP contribution in [0.1, 0.15) is 51.2 Å². The Hall–Kier alpha value is -1.56. The van der Waals surface area contributed by atoms with Gasteiger partial charge in [0.25, 0.3) is 0 Å². The summed E-state index contributed by atoms with van der Waals surface area (Å²) in [6.45, 7) is 8.62. The fraction of sp³-hybridized carbons (Fsp3) is 0.368. The van der Waals surface area contributed by atoms with Crippen LogP contribution >= 0.6 is 0 Å². The maximum Gasteiger partial charge on any atom is 0.00296 e. The predicted molar refractivity (Wildman–Crippen MR) is 85.2 cm³/mol. The Morgan fingerprint density at radius 2 is 1.79 bits per heavy atom. The van der Waals surface area contributed by atoms with Crippen molar-refractivity contribution in [1.82, 2.24) is 0 Å². The zero-order valence-corrected chi connectivity index (χ0v) is 12.5. The van der Waals surface area contributed by atoms with Gasteiger partial charge in [0.05, 0.1) is 0 Å². The molecule has 0 aromatic heterocycles. The molecule has 0 heterocycles. The van der Waals surface area contributed by atoms with E-state index in [0.717, 1.165) is 0 Å². The van der Waals surface area contributed by atoms with Crippen LogP contribution in [-0.2, 0) is 0 Å². The topological polar surface area (TPSA) is 0 Å². The Bertz CT molecular complexity index is 529. The molecule has 0 fully saturated rings. The summed E-state index contributed by atoms with van der Waals surface area (Å²) >= 11 is 0. The maximum atomic E-state index is 2.35.